The molecule has 1 saturated heterocycles. The van der Waals surface area contributed by atoms with Crippen molar-refractivity contribution < 1.29 is 27.8 Å². The van der Waals surface area contributed by atoms with E-state index in [1.54, 1.807) is 11.9 Å². The molecule has 8 heteroatoms. The van der Waals surface area contributed by atoms with Crippen molar-refractivity contribution in [2.75, 3.05) is 31.8 Å². The summed E-state index contributed by atoms with van der Waals surface area (Å²) in [6, 6.07) is 0.763. The number of alkyl halides is 3. The van der Waals surface area contributed by atoms with E-state index in [0.29, 0.717) is 25.6 Å². The molecule has 2 heterocycles. The van der Waals surface area contributed by atoms with Gasteiger partial charge in [0, 0.05) is 25.4 Å². The van der Waals surface area contributed by atoms with Gasteiger partial charge in [-0.25, -0.2) is 4.98 Å². The molecule has 2 atom stereocenters. The Balaban J connectivity index is 2.27. The van der Waals surface area contributed by atoms with Crippen molar-refractivity contribution >= 4 is 5.82 Å². The molecule has 124 valence electrons. The minimum atomic E-state index is -4.49. The Labute approximate surface area is 126 Å². The van der Waals surface area contributed by atoms with E-state index in [9.17, 15) is 18.3 Å². The van der Waals surface area contributed by atoms with E-state index in [4.69, 9.17) is 9.47 Å². The van der Waals surface area contributed by atoms with Gasteiger partial charge in [-0.05, 0) is 13.0 Å². The van der Waals surface area contributed by atoms with Gasteiger partial charge in [-0.15, -0.1) is 0 Å². The van der Waals surface area contributed by atoms with Crippen LogP contribution in [0.1, 0.15) is 18.1 Å². The highest BCUT2D eigenvalue weighted by molar-refractivity contribution is 5.49. The topological polar surface area (TPSA) is 54.8 Å². The summed E-state index contributed by atoms with van der Waals surface area (Å²) in [7, 11) is 1.71. The molecule has 1 aromatic heterocycles. The number of likely N-dealkylation sites (N-methyl/N-ethyl adjacent to an activating group) is 1. The second kappa shape index (κ2) is 6.80. The summed E-state index contributed by atoms with van der Waals surface area (Å²) in [4.78, 5) is 5.60. The number of aromatic nitrogens is 1. The van der Waals surface area contributed by atoms with E-state index in [-0.39, 0.29) is 17.7 Å². The van der Waals surface area contributed by atoms with E-state index in [1.165, 1.54) is 0 Å². The average Bonchev–Trinajstić information content (AvgIpc) is 2.93. The monoisotopic (exact) mass is 320 g/mol. The highest BCUT2D eigenvalue weighted by Gasteiger charge is 2.35. The summed E-state index contributed by atoms with van der Waals surface area (Å²) < 4.78 is 49.1. The van der Waals surface area contributed by atoms with Crippen molar-refractivity contribution in [3.63, 3.8) is 0 Å². The van der Waals surface area contributed by atoms with Crippen molar-refractivity contribution in [3.05, 3.63) is 23.4 Å². The number of rotatable bonds is 5. The Bertz CT molecular complexity index is 511. The molecule has 22 heavy (non-hydrogen) atoms. The van der Waals surface area contributed by atoms with Crippen LogP contribution in [-0.4, -0.2) is 49.1 Å². The summed E-state index contributed by atoms with van der Waals surface area (Å²) in [5.74, 6) is 0.302. The van der Waals surface area contributed by atoms with Crippen LogP contribution in [0.25, 0.3) is 0 Å². The number of hydrogen-bond acceptors (Lipinski definition) is 5. The Morgan fingerprint density at radius 1 is 1.45 bits per heavy atom. The molecule has 0 radical (unpaired) electrons. The molecule has 0 saturated carbocycles. The Kier molecular flexibility index (Phi) is 5.25. The van der Waals surface area contributed by atoms with Crippen LogP contribution in [0.4, 0.5) is 19.0 Å². The minimum Gasteiger partial charge on any atom is -0.392 e. The molecule has 0 amide bonds. The first kappa shape index (κ1) is 17.0. The molecular formula is C14H19F3N2O3. The molecule has 1 N–H and O–H groups in total. The predicted molar refractivity (Wildman–Crippen MR) is 73.6 cm³/mol. The molecule has 0 spiro atoms. The SMILES string of the molecule is CCOC1COCC1N(C)c1ncc(C(F)(F)F)cc1CO. The molecule has 0 aliphatic carbocycles. The fourth-order valence-electron chi connectivity index (χ4n) is 2.51. The molecule has 2 unspecified atom stereocenters. The van der Waals surface area contributed by atoms with Gasteiger partial charge in [0.05, 0.1) is 31.4 Å². The molecule has 1 aliphatic rings. The van der Waals surface area contributed by atoms with Crippen molar-refractivity contribution in [2.24, 2.45) is 0 Å². The van der Waals surface area contributed by atoms with Crippen LogP contribution in [0, 0.1) is 0 Å². The average molecular weight is 320 g/mol. The highest BCUT2D eigenvalue weighted by Crippen LogP contribution is 2.32. The summed E-state index contributed by atoms with van der Waals surface area (Å²) in [5, 5.41) is 9.37. The first-order chi connectivity index (χ1) is 10.4. The van der Waals surface area contributed by atoms with Crippen molar-refractivity contribution in [2.45, 2.75) is 31.9 Å². The van der Waals surface area contributed by atoms with E-state index in [0.717, 1.165) is 12.3 Å². The maximum Gasteiger partial charge on any atom is 0.417 e. The zero-order valence-corrected chi connectivity index (χ0v) is 12.4. The number of ether oxygens (including phenoxy) is 2. The number of aliphatic hydroxyl groups excluding tert-OH is 1. The van der Waals surface area contributed by atoms with Crippen LogP contribution < -0.4 is 4.90 Å². The maximum absolute atomic E-state index is 12.7. The lowest BCUT2D eigenvalue weighted by Crippen LogP contribution is -2.43. The molecule has 1 fully saturated rings. The van der Waals surface area contributed by atoms with Crippen LogP contribution in [0.15, 0.2) is 12.3 Å². The van der Waals surface area contributed by atoms with Crippen LogP contribution >= 0.6 is 0 Å². The minimum absolute atomic E-state index is 0.125. The zero-order chi connectivity index (χ0) is 16.3. The molecule has 0 aromatic carbocycles. The molecule has 5 nitrogen and oxygen atoms in total. The predicted octanol–water partition coefficient (Wildman–Crippen LogP) is 1.83. The smallest absolute Gasteiger partial charge is 0.392 e. The number of hydrogen-bond donors (Lipinski definition) is 1. The van der Waals surface area contributed by atoms with Crippen LogP contribution in [0.5, 0.6) is 0 Å². The summed E-state index contributed by atoms with van der Waals surface area (Å²) in [5.41, 5.74) is -0.753. The third kappa shape index (κ3) is 3.50. The second-order valence-corrected chi connectivity index (χ2v) is 5.07. The lowest BCUT2D eigenvalue weighted by atomic mass is 10.1. The Morgan fingerprint density at radius 3 is 2.77 bits per heavy atom. The number of pyridine rings is 1. The quantitative estimate of drug-likeness (QED) is 0.897. The number of nitrogens with zero attached hydrogens (tertiary/aromatic N) is 2. The summed E-state index contributed by atoms with van der Waals surface area (Å²) >= 11 is 0. The fourth-order valence-corrected chi connectivity index (χ4v) is 2.51. The van der Waals surface area contributed by atoms with Gasteiger partial charge in [-0.2, -0.15) is 13.2 Å². The number of halogens is 3. The van der Waals surface area contributed by atoms with Gasteiger partial charge in [0.2, 0.25) is 0 Å². The lowest BCUT2D eigenvalue weighted by Gasteiger charge is -2.30. The zero-order valence-electron chi connectivity index (χ0n) is 12.4. The van der Waals surface area contributed by atoms with E-state index in [2.05, 4.69) is 4.98 Å². The largest absolute Gasteiger partial charge is 0.417 e. The summed E-state index contributed by atoms with van der Waals surface area (Å²) in [6.45, 7) is 2.69. The van der Waals surface area contributed by atoms with Crippen molar-refractivity contribution in [3.8, 4) is 0 Å². The first-order valence-corrected chi connectivity index (χ1v) is 6.97. The Morgan fingerprint density at radius 2 is 2.18 bits per heavy atom. The molecule has 1 aliphatic heterocycles. The van der Waals surface area contributed by atoms with E-state index < -0.39 is 18.3 Å². The van der Waals surface area contributed by atoms with Crippen molar-refractivity contribution in [1.29, 1.82) is 0 Å². The summed E-state index contributed by atoms with van der Waals surface area (Å²) in [6.07, 6.45) is -3.89. The third-order valence-electron chi connectivity index (χ3n) is 3.65. The van der Waals surface area contributed by atoms with Crippen LogP contribution in [0.2, 0.25) is 0 Å². The molecular weight excluding hydrogens is 301 g/mol. The first-order valence-electron chi connectivity index (χ1n) is 6.97. The number of anilines is 1. The van der Waals surface area contributed by atoms with Gasteiger partial charge >= 0.3 is 6.18 Å². The van der Waals surface area contributed by atoms with Gasteiger partial charge < -0.3 is 19.5 Å². The van der Waals surface area contributed by atoms with Gasteiger partial charge in [-0.1, -0.05) is 0 Å². The molecule has 1 aromatic rings. The standard InChI is InChI=1S/C14H19F3N2O3/c1-3-22-12-8-21-7-11(12)19(2)13-9(6-20)4-10(5-18-13)14(15,16)17/h4-5,11-12,20H,3,6-8H2,1-2H3. The van der Waals surface area contributed by atoms with E-state index in [1.807, 2.05) is 6.92 Å². The fraction of sp³-hybridized carbons (Fsp3) is 0.643. The van der Waals surface area contributed by atoms with Crippen LogP contribution in [-0.2, 0) is 22.3 Å². The lowest BCUT2D eigenvalue weighted by molar-refractivity contribution is -0.137. The number of aliphatic hydroxyl groups is 1. The maximum atomic E-state index is 12.7. The third-order valence-corrected chi connectivity index (χ3v) is 3.65. The highest BCUT2D eigenvalue weighted by atomic mass is 19.4. The second-order valence-electron chi connectivity index (χ2n) is 5.07. The molecule has 2 rings (SSSR count). The van der Waals surface area contributed by atoms with Gasteiger partial charge in [-0.3, -0.25) is 0 Å². The Hall–Kier alpha value is -1.38. The van der Waals surface area contributed by atoms with Gasteiger partial charge in [0.1, 0.15) is 11.9 Å². The van der Waals surface area contributed by atoms with Gasteiger partial charge in [0.25, 0.3) is 0 Å². The van der Waals surface area contributed by atoms with Crippen LogP contribution in [0.3, 0.4) is 0 Å². The van der Waals surface area contributed by atoms with E-state index >= 15 is 0 Å². The van der Waals surface area contributed by atoms with Gasteiger partial charge in [0.15, 0.2) is 0 Å². The molecule has 0 bridgehead atoms. The van der Waals surface area contributed by atoms with Crippen molar-refractivity contribution in [1.82, 2.24) is 4.98 Å². The normalized spacial score (nSPS) is 22.1.